The third-order valence-electron chi connectivity index (χ3n) is 1.58. The number of hydrogen-bond donors (Lipinski definition) is 0. The summed E-state index contributed by atoms with van der Waals surface area (Å²) in [5, 5.41) is -0.555. The summed E-state index contributed by atoms with van der Waals surface area (Å²) in [6.07, 6.45) is -0.195. The van der Waals surface area contributed by atoms with Gasteiger partial charge in [-0.05, 0) is 6.92 Å². The van der Waals surface area contributed by atoms with E-state index in [4.69, 9.17) is 78.7 Å². The van der Waals surface area contributed by atoms with Gasteiger partial charge < -0.3 is 4.52 Å². The number of hydrogen-bond acceptors (Lipinski definition) is 3. The first-order chi connectivity index (χ1) is 8.12. The normalized spacial score (nSPS) is 19.3. The number of halogens is 6. The van der Waals surface area contributed by atoms with Gasteiger partial charge in [-0.2, -0.15) is 0 Å². The van der Waals surface area contributed by atoms with Gasteiger partial charge in [-0.15, -0.1) is 23.2 Å². The average molecular weight is 401 g/mol. The molecule has 0 aromatic carbocycles. The van der Waals surface area contributed by atoms with E-state index >= 15 is 0 Å². The second kappa shape index (κ2) is 9.02. The predicted octanol–water partition coefficient (Wildman–Crippen LogP) is 5.40. The Labute approximate surface area is 137 Å². The second-order valence-electron chi connectivity index (χ2n) is 3.30. The lowest BCUT2D eigenvalue weighted by Crippen LogP contribution is -2.18. The fourth-order valence-corrected chi connectivity index (χ4v) is 4.71. The molecule has 0 aliphatic carbocycles. The van der Waals surface area contributed by atoms with Crippen LogP contribution < -0.4 is 0 Å². The van der Waals surface area contributed by atoms with E-state index in [1.54, 1.807) is 6.92 Å². The summed E-state index contributed by atoms with van der Waals surface area (Å²) in [6, 6.07) is 0. The van der Waals surface area contributed by atoms with Gasteiger partial charge in [0.1, 0.15) is 5.56 Å². The maximum Gasteiger partial charge on any atom is 0.333 e. The zero-order valence-electron chi connectivity index (χ0n) is 9.42. The van der Waals surface area contributed by atoms with E-state index in [0.717, 1.165) is 0 Å². The molecule has 0 spiro atoms. The summed E-state index contributed by atoms with van der Waals surface area (Å²) >= 11 is 33.8. The molecule has 0 bridgehead atoms. The summed E-state index contributed by atoms with van der Waals surface area (Å²) in [6.45, 7) is 1.85. The van der Waals surface area contributed by atoms with Crippen molar-refractivity contribution < 1.29 is 13.6 Å². The molecular weight excluding hydrogens is 388 g/mol. The molecular formula is C8H13Cl6O3P. The smallest absolute Gasteiger partial charge is 0.309 e. The van der Waals surface area contributed by atoms with E-state index in [2.05, 4.69) is 0 Å². The van der Waals surface area contributed by atoms with Gasteiger partial charge in [-0.3, -0.25) is 9.09 Å². The van der Waals surface area contributed by atoms with Crippen molar-refractivity contribution in [2.45, 2.75) is 28.1 Å². The highest BCUT2D eigenvalue weighted by atomic mass is 35.6. The minimum absolute atomic E-state index is 0.0605. The van der Waals surface area contributed by atoms with Crippen LogP contribution in [0.1, 0.15) is 13.3 Å². The first-order valence-electron chi connectivity index (χ1n) is 4.94. The first-order valence-corrected chi connectivity index (χ1v) is 9.21. The second-order valence-corrected chi connectivity index (χ2v) is 9.28. The third-order valence-corrected chi connectivity index (χ3v) is 5.58. The molecule has 110 valence electrons. The zero-order valence-corrected chi connectivity index (χ0v) is 14.9. The highest BCUT2D eigenvalue weighted by Gasteiger charge is 2.34. The lowest BCUT2D eigenvalue weighted by atomic mass is 10.5. The molecule has 0 aromatic heterocycles. The van der Waals surface area contributed by atoms with Crippen LogP contribution in [0.2, 0.25) is 0 Å². The summed E-state index contributed by atoms with van der Waals surface area (Å²) in [5.41, 5.74) is -1.06. The Morgan fingerprint density at radius 3 is 2.22 bits per heavy atom. The Kier molecular flexibility index (Phi) is 9.97. The van der Waals surface area contributed by atoms with Gasteiger partial charge in [0.2, 0.25) is 0 Å². The fraction of sp³-hybridized carbons (Fsp3) is 1.00. The molecule has 0 saturated carbocycles. The molecule has 18 heavy (non-hydrogen) atoms. The molecule has 10 heteroatoms. The predicted molar refractivity (Wildman–Crippen MR) is 80.1 cm³/mol. The Bertz CT molecular complexity index is 284. The highest BCUT2D eigenvalue weighted by molar-refractivity contribution is 7.54. The highest BCUT2D eigenvalue weighted by Crippen LogP contribution is 2.52. The van der Waals surface area contributed by atoms with Gasteiger partial charge in [0.05, 0.1) is 18.1 Å². The molecule has 0 aliphatic heterocycles. The van der Waals surface area contributed by atoms with Crippen LogP contribution in [0.5, 0.6) is 0 Å². The van der Waals surface area contributed by atoms with Gasteiger partial charge in [-0.1, -0.05) is 46.4 Å². The molecule has 0 N–H and O–H groups in total. The van der Waals surface area contributed by atoms with Gasteiger partial charge >= 0.3 is 7.60 Å². The monoisotopic (exact) mass is 398 g/mol. The van der Waals surface area contributed by atoms with Crippen molar-refractivity contribution in [2.75, 3.05) is 18.6 Å². The van der Waals surface area contributed by atoms with Crippen LogP contribution in [0.4, 0.5) is 0 Å². The van der Waals surface area contributed by atoms with E-state index in [1.165, 1.54) is 0 Å². The van der Waals surface area contributed by atoms with Crippen LogP contribution in [0, 0.1) is 0 Å². The van der Waals surface area contributed by atoms with Crippen LogP contribution in [0.15, 0.2) is 0 Å². The molecule has 0 fully saturated rings. The van der Waals surface area contributed by atoms with Crippen molar-refractivity contribution in [3.05, 3.63) is 0 Å². The Morgan fingerprint density at radius 2 is 1.83 bits per heavy atom. The van der Waals surface area contributed by atoms with Gasteiger partial charge in [0.15, 0.2) is 3.79 Å². The summed E-state index contributed by atoms with van der Waals surface area (Å²) < 4.78 is 20.9. The van der Waals surface area contributed by atoms with Gasteiger partial charge in [-0.25, -0.2) is 0 Å². The van der Waals surface area contributed by atoms with Crippen molar-refractivity contribution in [2.24, 2.45) is 0 Å². The molecule has 0 amide bonds. The third kappa shape index (κ3) is 9.74. The van der Waals surface area contributed by atoms with Crippen molar-refractivity contribution >= 4 is 77.2 Å². The Hall–Kier alpha value is 1.89. The lowest BCUT2D eigenvalue weighted by Gasteiger charge is -2.23. The van der Waals surface area contributed by atoms with E-state index in [1.807, 2.05) is 0 Å². The average Bonchev–Trinajstić information content (AvgIpc) is 2.13. The standard InChI is InChI=1S/C8H13Cl6O3P/c1-2-16-18(15,5-6(10)4-9)17-7(11)3-8(12,13)14/h6-7H,2-5H2,1H3. The fourth-order valence-electron chi connectivity index (χ4n) is 1.01. The van der Waals surface area contributed by atoms with Crippen molar-refractivity contribution in [3.63, 3.8) is 0 Å². The minimum atomic E-state index is -3.46. The van der Waals surface area contributed by atoms with Crippen LogP contribution in [0.25, 0.3) is 0 Å². The van der Waals surface area contributed by atoms with Crippen molar-refractivity contribution in [1.82, 2.24) is 0 Å². The van der Waals surface area contributed by atoms with E-state index in [0.29, 0.717) is 0 Å². The van der Waals surface area contributed by atoms with E-state index < -0.39 is 22.3 Å². The zero-order chi connectivity index (χ0) is 14.4. The van der Waals surface area contributed by atoms with Crippen LogP contribution in [-0.2, 0) is 13.6 Å². The molecule has 0 aliphatic rings. The van der Waals surface area contributed by atoms with E-state index in [9.17, 15) is 4.57 Å². The first kappa shape index (κ1) is 19.9. The largest absolute Gasteiger partial charge is 0.333 e. The lowest BCUT2D eigenvalue weighted by molar-refractivity contribution is 0.190. The minimum Gasteiger partial charge on any atom is -0.309 e. The molecule has 3 nitrogen and oxygen atoms in total. The molecule has 0 aromatic rings. The molecule has 3 atom stereocenters. The SMILES string of the molecule is CCOP(=O)(CC(Cl)CCl)OC(Cl)CC(Cl)(Cl)Cl. The summed E-state index contributed by atoms with van der Waals surface area (Å²) in [4.78, 5) is 0. The Morgan fingerprint density at radius 1 is 1.28 bits per heavy atom. The van der Waals surface area contributed by atoms with Crippen molar-refractivity contribution in [1.29, 1.82) is 0 Å². The molecule has 3 unspecified atom stereocenters. The number of alkyl halides is 6. The maximum absolute atomic E-state index is 12.3. The van der Waals surface area contributed by atoms with Crippen LogP contribution in [0.3, 0.4) is 0 Å². The summed E-state index contributed by atoms with van der Waals surface area (Å²) in [5.74, 6) is 0.111. The van der Waals surface area contributed by atoms with Gasteiger partial charge in [0, 0.05) is 12.3 Å². The van der Waals surface area contributed by atoms with Gasteiger partial charge in [0.25, 0.3) is 0 Å². The molecule has 0 rings (SSSR count). The molecule has 0 heterocycles. The summed E-state index contributed by atoms with van der Waals surface area (Å²) in [7, 11) is -3.46. The van der Waals surface area contributed by atoms with Crippen LogP contribution >= 0.6 is 77.2 Å². The van der Waals surface area contributed by atoms with E-state index in [-0.39, 0.29) is 25.1 Å². The molecule has 0 saturated heterocycles. The molecule has 0 radical (unpaired) electrons. The quantitative estimate of drug-likeness (QED) is 0.404. The topological polar surface area (TPSA) is 35.5 Å². The van der Waals surface area contributed by atoms with Crippen LogP contribution in [-0.4, -0.2) is 33.4 Å². The van der Waals surface area contributed by atoms with Crippen molar-refractivity contribution in [3.8, 4) is 0 Å². The number of rotatable bonds is 8. The maximum atomic E-state index is 12.3. The Balaban J connectivity index is 4.55.